The minimum Gasteiger partial charge on any atom is -0.396 e. The van der Waals surface area contributed by atoms with Crippen LogP contribution in [0.1, 0.15) is 10.4 Å². The van der Waals surface area contributed by atoms with Crippen LogP contribution in [-0.4, -0.2) is 5.91 Å². The largest absolute Gasteiger partial charge is 0.396 e. The van der Waals surface area contributed by atoms with Gasteiger partial charge in [-0.05, 0) is 24.3 Å². The number of hydrogen-bond acceptors (Lipinski definition) is 2. The molecule has 1 amide bonds. The lowest BCUT2D eigenvalue weighted by Crippen LogP contribution is -2.13. The van der Waals surface area contributed by atoms with E-state index >= 15 is 0 Å². The third kappa shape index (κ3) is 3.08. The Balaban J connectivity index is 2.27. The average Bonchev–Trinajstić information content (AvgIpc) is 2.36. The Morgan fingerprint density at radius 3 is 2.58 bits per heavy atom. The second-order valence-electron chi connectivity index (χ2n) is 3.82. The molecule has 0 unspecified atom stereocenters. The molecule has 0 fully saturated rings. The summed E-state index contributed by atoms with van der Waals surface area (Å²) in [6.07, 6.45) is 0. The summed E-state index contributed by atoms with van der Waals surface area (Å²) in [6.45, 7) is 0. The molecule has 0 aromatic heterocycles. The van der Waals surface area contributed by atoms with Gasteiger partial charge in [-0.25, -0.2) is 8.78 Å². The predicted molar refractivity (Wildman–Crippen MR) is 72.9 cm³/mol. The van der Waals surface area contributed by atoms with Gasteiger partial charge in [-0.15, -0.1) is 0 Å². The lowest BCUT2D eigenvalue weighted by molar-refractivity contribution is 0.102. The van der Waals surface area contributed by atoms with Crippen molar-refractivity contribution in [3.05, 3.63) is 58.1 Å². The lowest BCUT2D eigenvalue weighted by atomic mass is 10.2. The van der Waals surface area contributed by atoms with Gasteiger partial charge in [-0.1, -0.05) is 22.0 Å². The quantitative estimate of drug-likeness (QED) is 0.829. The summed E-state index contributed by atoms with van der Waals surface area (Å²) < 4.78 is 27.2. The maximum Gasteiger partial charge on any atom is 0.255 e. The van der Waals surface area contributed by atoms with Crippen LogP contribution in [0.3, 0.4) is 0 Å². The SMILES string of the molecule is Nc1cc(NC(=O)c2cccc(Br)c2)c(F)cc1F. The Morgan fingerprint density at radius 1 is 1.16 bits per heavy atom. The third-order valence-electron chi connectivity index (χ3n) is 2.42. The molecule has 0 heterocycles. The fourth-order valence-corrected chi connectivity index (χ4v) is 1.88. The minimum absolute atomic E-state index is 0.163. The average molecular weight is 327 g/mol. The Bertz CT molecular complexity index is 647. The minimum atomic E-state index is -0.880. The van der Waals surface area contributed by atoms with E-state index in [4.69, 9.17) is 5.73 Å². The number of rotatable bonds is 2. The van der Waals surface area contributed by atoms with E-state index < -0.39 is 17.5 Å². The van der Waals surface area contributed by atoms with Crippen molar-refractivity contribution in [3.63, 3.8) is 0 Å². The third-order valence-corrected chi connectivity index (χ3v) is 2.91. The zero-order chi connectivity index (χ0) is 14.0. The molecule has 0 aliphatic rings. The highest BCUT2D eigenvalue weighted by molar-refractivity contribution is 9.10. The van der Waals surface area contributed by atoms with Gasteiger partial charge >= 0.3 is 0 Å². The summed E-state index contributed by atoms with van der Waals surface area (Å²) in [5.41, 5.74) is 5.28. The molecule has 2 aromatic rings. The molecule has 19 heavy (non-hydrogen) atoms. The molecule has 2 rings (SSSR count). The molecule has 3 nitrogen and oxygen atoms in total. The lowest BCUT2D eigenvalue weighted by Gasteiger charge is -2.08. The summed E-state index contributed by atoms with van der Waals surface area (Å²) in [7, 11) is 0. The van der Waals surface area contributed by atoms with Crippen LogP contribution in [0.25, 0.3) is 0 Å². The van der Waals surface area contributed by atoms with Crippen LogP contribution in [0.15, 0.2) is 40.9 Å². The standard InChI is InChI=1S/C13H9BrF2N2O/c14-8-3-1-2-7(4-8)13(19)18-12-6-11(17)9(15)5-10(12)16/h1-6H,17H2,(H,18,19). The summed E-state index contributed by atoms with van der Waals surface area (Å²) >= 11 is 3.23. The van der Waals surface area contributed by atoms with E-state index in [0.717, 1.165) is 10.5 Å². The number of amides is 1. The van der Waals surface area contributed by atoms with Crippen LogP contribution in [0.2, 0.25) is 0 Å². The van der Waals surface area contributed by atoms with Crippen molar-refractivity contribution in [2.75, 3.05) is 11.1 Å². The van der Waals surface area contributed by atoms with E-state index in [1.807, 2.05) is 0 Å². The molecule has 0 bridgehead atoms. The fraction of sp³-hybridized carbons (Fsp3) is 0. The predicted octanol–water partition coefficient (Wildman–Crippen LogP) is 3.56. The zero-order valence-corrected chi connectivity index (χ0v) is 11.2. The number of carbonyl (C=O) groups excluding carboxylic acids is 1. The molecule has 0 aliphatic heterocycles. The molecule has 0 saturated heterocycles. The first-order valence-electron chi connectivity index (χ1n) is 5.29. The fourth-order valence-electron chi connectivity index (χ4n) is 1.49. The van der Waals surface area contributed by atoms with Crippen molar-refractivity contribution in [1.29, 1.82) is 0 Å². The van der Waals surface area contributed by atoms with Gasteiger partial charge in [0, 0.05) is 16.1 Å². The molecule has 98 valence electrons. The Labute approximate surface area is 116 Å². The number of nitrogens with two attached hydrogens (primary N) is 1. The van der Waals surface area contributed by atoms with Gasteiger partial charge in [-0.3, -0.25) is 4.79 Å². The molecule has 0 radical (unpaired) electrons. The molecule has 2 aromatic carbocycles. The number of benzene rings is 2. The molecule has 0 spiro atoms. The van der Waals surface area contributed by atoms with Gasteiger partial charge in [0.25, 0.3) is 5.91 Å². The second kappa shape index (κ2) is 5.36. The highest BCUT2D eigenvalue weighted by Crippen LogP contribution is 2.22. The molecular weight excluding hydrogens is 318 g/mol. The van der Waals surface area contributed by atoms with Gasteiger partial charge < -0.3 is 11.1 Å². The van der Waals surface area contributed by atoms with Crippen LogP contribution in [0.4, 0.5) is 20.2 Å². The Kier molecular flexibility index (Phi) is 3.80. The van der Waals surface area contributed by atoms with E-state index in [2.05, 4.69) is 21.2 Å². The first-order chi connectivity index (χ1) is 8.97. The summed E-state index contributed by atoms with van der Waals surface area (Å²) in [6, 6.07) is 8.26. The van der Waals surface area contributed by atoms with Gasteiger partial charge in [0.1, 0.15) is 11.6 Å². The van der Waals surface area contributed by atoms with Crippen molar-refractivity contribution < 1.29 is 13.6 Å². The second-order valence-corrected chi connectivity index (χ2v) is 4.73. The molecular formula is C13H9BrF2N2O. The Morgan fingerprint density at radius 2 is 1.89 bits per heavy atom. The smallest absolute Gasteiger partial charge is 0.255 e. The monoisotopic (exact) mass is 326 g/mol. The van der Waals surface area contributed by atoms with E-state index in [0.29, 0.717) is 11.6 Å². The number of anilines is 2. The van der Waals surface area contributed by atoms with Crippen LogP contribution in [0, 0.1) is 11.6 Å². The summed E-state index contributed by atoms with van der Waals surface area (Å²) in [5.74, 6) is -2.25. The van der Waals surface area contributed by atoms with Crippen molar-refractivity contribution in [2.45, 2.75) is 0 Å². The molecule has 6 heteroatoms. The topological polar surface area (TPSA) is 55.1 Å². The number of carbonyl (C=O) groups is 1. The van der Waals surface area contributed by atoms with Crippen LogP contribution < -0.4 is 11.1 Å². The van der Waals surface area contributed by atoms with Gasteiger partial charge in [0.2, 0.25) is 0 Å². The Hall–Kier alpha value is -1.95. The molecule has 3 N–H and O–H groups in total. The molecule has 0 aliphatic carbocycles. The van der Waals surface area contributed by atoms with Crippen LogP contribution >= 0.6 is 15.9 Å². The first-order valence-corrected chi connectivity index (χ1v) is 6.08. The molecule has 0 atom stereocenters. The van der Waals surface area contributed by atoms with Crippen LogP contribution in [0.5, 0.6) is 0 Å². The maximum absolute atomic E-state index is 13.5. The summed E-state index contributed by atoms with van der Waals surface area (Å²) in [4.78, 5) is 11.9. The van der Waals surface area contributed by atoms with Gasteiger partial charge in [-0.2, -0.15) is 0 Å². The number of hydrogen-bond donors (Lipinski definition) is 2. The number of nitrogens with one attached hydrogen (secondary N) is 1. The highest BCUT2D eigenvalue weighted by atomic mass is 79.9. The number of halogens is 3. The first kappa shape index (κ1) is 13.5. The normalized spacial score (nSPS) is 10.3. The molecule has 0 saturated carbocycles. The van der Waals surface area contributed by atoms with E-state index in [-0.39, 0.29) is 11.4 Å². The van der Waals surface area contributed by atoms with Crippen molar-refractivity contribution in [1.82, 2.24) is 0 Å². The van der Waals surface area contributed by atoms with E-state index in [9.17, 15) is 13.6 Å². The highest BCUT2D eigenvalue weighted by Gasteiger charge is 2.12. The van der Waals surface area contributed by atoms with Crippen molar-refractivity contribution in [3.8, 4) is 0 Å². The van der Waals surface area contributed by atoms with Crippen LogP contribution in [-0.2, 0) is 0 Å². The van der Waals surface area contributed by atoms with Crippen molar-refractivity contribution in [2.24, 2.45) is 0 Å². The van der Waals surface area contributed by atoms with E-state index in [1.54, 1.807) is 24.3 Å². The number of nitrogen functional groups attached to an aromatic ring is 1. The maximum atomic E-state index is 13.5. The van der Waals surface area contributed by atoms with Crippen molar-refractivity contribution >= 4 is 33.2 Å². The zero-order valence-electron chi connectivity index (χ0n) is 9.58. The van der Waals surface area contributed by atoms with Gasteiger partial charge in [0.15, 0.2) is 0 Å². The summed E-state index contributed by atoms with van der Waals surface area (Å²) in [5, 5.41) is 2.34. The van der Waals surface area contributed by atoms with E-state index in [1.165, 1.54) is 0 Å². The van der Waals surface area contributed by atoms with Gasteiger partial charge in [0.05, 0.1) is 11.4 Å².